The van der Waals surface area contributed by atoms with Gasteiger partial charge in [0, 0.05) is 48.3 Å². The van der Waals surface area contributed by atoms with Crippen molar-refractivity contribution in [2.45, 2.75) is 65.9 Å². The molecule has 0 N–H and O–H groups in total. The fourth-order valence-electron chi connectivity index (χ4n) is 6.11. The standard InChI is InChI=1S/C31H33Cl2NO3/c1-30(2)13-22-27(24(35)15-30)26(28-23(34(22)5)14-31(3,4)16-25(28)36)19-11-20(32)29(21(33)12-19)37-17-18-9-7-6-8-10-18/h6-12,26H,13-17H2,1-5H3. The number of hydrogen-bond acceptors (Lipinski definition) is 4. The molecule has 0 saturated carbocycles. The quantitative estimate of drug-likeness (QED) is 0.397. The van der Waals surface area contributed by atoms with E-state index < -0.39 is 5.92 Å². The van der Waals surface area contributed by atoms with Gasteiger partial charge in [-0.1, -0.05) is 81.2 Å². The molecule has 2 aromatic carbocycles. The number of ether oxygens (including phenoxy) is 1. The highest BCUT2D eigenvalue weighted by Gasteiger charge is 2.48. The zero-order valence-electron chi connectivity index (χ0n) is 22.1. The van der Waals surface area contributed by atoms with Gasteiger partial charge in [-0.05, 0) is 46.9 Å². The molecule has 1 aliphatic heterocycles. The van der Waals surface area contributed by atoms with Crippen molar-refractivity contribution < 1.29 is 14.3 Å². The van der Waals surface area contributed by atoms with E-state index in [9.17, 15) is 9.59 Å². The number of rotatable bonds is 4. The molecule has 3 aliphatic rings. The first-order chi connectivity index (χ1) is 17.4. The Kier molecular flexibility index (Phi) is 6.57. The van der Waals surface area contributed by atoms with Gasteiger partial charge in [-0.25, -0.2) is 0 Å². The van der Waals surface area contributed by atoms with Crippen molar-refractivity contribution >= 4 is 34.8 Å². The van der Waals surface area contributed by atoms with Gasteiger partial charge in [-0.3, -0.25) is 9.59 Å². The minimum absolute atomic E-state index is 0.0870. The molecule has 194 valence electrons. The molecule has 0 unspecified atom stereocenters. The summed E-state index contributed by atoms with van der Waals surface area (Å²) in [5.74, 6) is 0.0962. The van der Waals surface area contributed by atoms with E-state index in [1.807, 2.05) is 49.5 Å². The minimum Gasteiger partial charge on any atom is -0.486 e. The lowest BCUT2D eigenvalue weighted by Gasteiger charge is -2.48. The van der Waals surface area contributed by atoms with E-state index in [0.717, 1.165) is 35.4 Å². The van der Waals surface area contributed by atoms with Crippen LogP contribution in [-0.4, -0.2) is 23.5 Å². The molecule has 2 aliphatic carbocycles. The van der Waals surface area contributed by atoms with Crippen LogP contribution < -0.4 is 4.74 Å². The topological polar surface area (TPSA) is 46.6 Å². The summed E-state index contributed by atoms with van der Waals surface area (Å²) < 4.78 is 5.99. The Hall–Kier alpha value is -2.56. The monoisotopic (exact) mass is 537 g/mol. The largest absolute Gasteiger partial charge is 0.486 e. The van der Waals surface area contributed by atoms with Gasteiger partial charge < -0.3 is 9.64 Å². The molecule has 0 amide bonds. The van der Waals surface area contributed by atoms with Crippen LogP contribution in [0.4, 0.5) is 0 Å². The maximum Gasteiger partial charge on any atom is 0.162 e. The maximum atomic E-state index is 13.7. The highest BCUT2D eigenvalue weighted by atomic mass is 35.5. The lowest BCUT2D eigenvalue weighted by molar-refractivity contribution is -0.119. The molecule has 0 atom stereocenters. The zero-order valence-corrected chi connectivity index (χ0v) is 23.6. The number of hydrogen-bond donors (Lipinski definition) is 0. The first-order valence-electron chi connectivity index (χ1n) is 12.8. The van der Waals surface area contributed by atoms with Crippen molar-refractivity contribution in [3.63, 3.8) is 0 Å². The van der Waals surface area contributed by atoms with E-state index in [2.05, 4.69) is 32.6 Å². The van der Waals surface area contributed by atoms with Crippen molar-refractivity contribution in [3.05, 3.63) is 86.2 Å². The van der Waals surface area contributed by atoms with E-state index in [1.54, 1.807) is 0 Å². The third kappa shape index (κ3) is 4.86. The molecule has 1 heterocycles. The van der Waals surface area contributed by atoms with Crippen molar-refractivity contribution in [1.29, 1.82) is 0 Å². The first-order valence-corrected chi connectivity index (χ1v) is 13.5. The highest BCUT2D eigenvalue weighted by molar-refractivity contribution is 6.37. The van der Waals surface area contributed by atoms with Crippen molar-refractivity contribution in [1.82, 2.24) is 4.90 Å². The van der Waals surface area contributed by atoms with E-state index >= 15 is 0 Å². The second-order valence-electron chi connectivity index (χ2n) is 12.2. The van der Waals surface area contributed by atoms with Gasteiger partial charge in [0.15, 0.2) is 17.3 Å². The predicted octanol–water partition coefficient (Wildman–Crippen LogP) is 7.89. The number of ketones is 2. The Morgan fingerprint density at radius 3 is 1.81 bits per heavy atom. The molecular formula is C31H33Cl2NO3. The average molecular weight is 539 g/mol. The number of allylic oxidation sites excluding steroid dienone is 4. The smallest absolute Gasteiger partial charge is 0.162 e. The molecular weight excluding hydrogens is 505 g/mol. The summed E-state index contributed by atoms with van der Waals surface area (Å²) in [4.78, 5) is 29.5. The summed E-state index contributed by atoms with van der Waals surface area (Å²) in [6, 6.07) is 13.4. The van der Waals surface area contributed by atoms with Gasteiger partial charge in [0.05, 0.1) is 10.0 Å². The summed E-state index contributed by atoms with van der Waals surface area (Å²) in [6.45, 7) is 8.85. The number of Topliss-reactive ketones (excluding diaryl/α,β-unsaturated/α-hetero) is 2. The molecule has 4 nitrogen and oxygen atoms in total. The second kappa shape index (κ2) is 9.32. The van der Waals surface area contributed by atoms with Gasteiger partial charge >= 0.3 is 0 Å². The summed E-state index contributed by atoms with van der Waals surface area (Å²) in [7, 11) is 2.00. The molecule has 6 heteroatoms. The SMILES string of the molecule is CN1C2=C(C(=O)CC(C)(C)C2)C(c2cc(Cl)c(OCc3ccccc3)c(Cl)c2)C2=C1CC(C)(C)CC2=O. The average Bonchev–Trinajstić information content (AvgIpc) is 2.79. The fourth-order valence-corrected chi connectivity index (χ4v) is 6.72. The van der Waals surface area contributed by atoms with Crippen LogP contribution >= 0.6 is 23.2 Å². The van der Waals surface area contributed by atoms with Gasteiger partial charge in [-0.15, -0.1) is 0 Å². The third-order valence-electron chi connectivity index (χ3n) is 7.76. The zero-order chi connectivity index (χ0) is 26.7. The maximum absolute atomic E-state index is 13.7. The number of carbonyl (C=O) groups is 2. The predicted molar refractivity (Wildman–Crippen MR) is 148 cm³/mol. The van der Waals surface area contributed by atoms with Gasteiger partial charge in [0.1, 0.15) is 6.61 Å². The van der Waals surface area contributed by atoms with Crippen molar-refractivity contribution in [2.24, 2.45) is 10.8 Å². The summed E-state index contributed by atoms with van der Waals surface area (Å²) >= 11 is 13.5. The van der Waals surface area contributed by atoms with Crippen LogP contribution in [0.15, 0.2) is 65.0 Å². The Morgan fingerprint density at radius 2 is 1.32 bits per heavy atom. The van der Waals surface area contributed by atoms with E-state index in [0.29, 0.717) is 46.4 Å². The summed E-state index contributed by atoms with van der Waals surface area (Å²) in [6.07, 6.45) is 2.43. The molecule has 37 heavy (non-hydrogen) atoms. The Morgan fingerprint density at radius 1 is 0.838 bits per heavy atom. The Bertz CT molecular complexity index is 1280. The molecule has 2 aromatic rings. The third-order valence-corrected chi connectivity index (χ3v) is 8.32. The number of nitrogens with zero attached hydrogens (tertiary/aromatic N) is 1. The molecule has 0 spiro atoms. The van der Waals surface area contributed by atoms with Crippen LogP contribution in [0.1, 0.15) is 70.4 Å². The van der Waals surface area contributed by atoms with Gasteiger partial charge in [0.2, 0.25) is 0 Å². The van der Waals surface area contributed by atoms with Crippen LogP contribution in [0.25, 0.3) is 0 Å². The number of carbonyl (C=O) groups excluding carboxylic acids is 2. The van der Waals surface area contributed by atoms with Gasteiger partial charge in [0.25, 0.3) is 0 Å². The van der Waals surface area contributed by atoms with Crippen LogP contribution in [0.3, 0.4) is 0 Å². The Labute approximate surface area is 229 Å². The van der Waals surface area contributed by atoms with E-state index in [1.165, 1.54) is 0 Å². The van der Waals surface area contributed by atoms with Crippen LogP contribution in [-0.2, 0) is 16.2 Å². The molecule has 0 saturated heterocycles. The highest BCUT2D eigenvalue weighted by Crippen LogP contribution is 2.54. The van der Waals surface area contributed by atoms with E-state index in [-0.39, 0.29) is 22.4 Å². The van der Waals surface area contributed by atoms with Gasteiger partial charge in [-0.2, -0.15) is 0 Å². The molecule has 0 aromatic heterocycles. The molecule has 5 rings (SSSR count). The summed E-state index contributed by atoms with van der Waals surface area (Å²) in [5, 5.41) is 0.739. The lowest BCUT2D eigenvalue weighted by Crippen LogP contribution is -2.43. The van der Waals surface area contributed by atoms with Crippen molar-refractivity contribution in [3.8, 4) is 5.75 Å². The normalized spacial score (nSPS) is 21.2. The minimum atomic E-state index is -0.480. The van der Waals surface area contributed by atoms with Crippen LogP contribution in [0, 0.1) is 10.8 Å². The molecule has 0 radical (unpaired) electrons. The Balaban J connectivity index is 1.62. The first kappa shape index (κ1) is 26.1. The van der Waals surface area contributed by atoms with Crippen LogP contribution in [0.5, 0.6) is 5.75 Å². The number of halogens is 2. The van der Waals surface area contributed by atoms with Crippen LogP contribution in [0.2, 0.25) is 10.0 Å². The number of benzene rings is 2. The van der Waals surface area contributed by atoms with Crippen molar-refractivity contribution in [2.75, 3.05) is 7.05 Å². The fraction of sp³-hybridized carbons (Fsp3) is 0.419. The molecule has 0 bridgehead atoms. The molecule has 0 fully saturated rings. The second-order valence-corrected chi connectivity index (χ2v) is 13.0. The lowest BCUT2D eigenvalue weighted by atomic mass is 9.64. The van der Waals surface area contributed by atoms with E-state index in [4.69, 9.17) is 27.9 Å². The summed E-state index contributed by atoms with van der Waals surface area (Å²) in [5.41, 5.74) is 4.90.